The van der Waals surface area contributed by atoms with Crippen LogP contribution in [-0.4, -0.2) is 67.1 Å². The zero-order valence-corrected chi connectivity index (χ0v) is 13.2. The fourth-order valence-electron chi connectivity index (χ4n) is 2.13. The van der Waals surface area contributed by atoms with Crippen LogP contribution < -0.4 is 5.32 Å². The summed E-state index contributed by atoms with van der Waals surface area (Å²) in [7, 11) is 1.54. The van der Waals surface area contributed by atoms with Crippen molar-refractivity contribution in [2.75, 3.05) is 40.0 Å². The SMILES string of the molecule is COCCN(CCO)C(=O)NCC(CC(=O)O)CC(C)C. The molecule has 1 atom stereocenters. The van der Waals surface area contributed by atoms with E-state index in [1.807, 2.05) is 13.8 Å². The second kappa shape index (κ2) is 11.3. The number of aliphatic hydroxyl groups is 1. The Balaban J connectivity index is 4.38. The van der Waals surface area contributed by atoms with E-state index in [1.54, 1.807) is 7.11 Å². The van der Waals surface area contributed by atoms with Gasteiger partial charge in [0.15, 0.2) is 0 Å². The minimum absolute atomic E-state index is 0.0382. The molecule has 21 heavy (non-hydrogen) atoms. The molecular formula is C14H28N2O5. The molecule has 0 aliphatic rings. The van der Waals surface area contributed by atoms with Crippen LogP contribution in [0, 0.1) is 11.8 Å². The Morgan fingerprint density at radius 3 is 2.43 bits per heavy atom. The molecule has 0 bridgehead atoms. The Labute approximate surface area is 126 Å². The molecule has 3 N–H and O–H groups in total. The number of carboxylic acid groups (broad SMARTS) is 1. The number of amides is 2. The summed E-state index contributed by atoms with van der Waals surface area (Å²) in [5.41, 5.74) is 0. The quantitative estimate of drug-likeness (QED) is 0.524. The monoisotopic (exact) mass is 304 g/mol. The van der Waals surface area contributed by atoms with Gasteiger partial charge >= 0.3 is 12.0 Å². The molecule has 7 heteroatoms. The van der Waals surface area contributed by atoms with Crippen LogP contribution in [0.5, 0.6) is 0 Å². The van der Waals surface area contributed by atoms with Gasteiger partial charge in [-0.25, -0.2) is 4.79 Å². The third-order valence-electron chi connectivity index (χ3n) is 3.03. The van der Waals surface area contributed by atoms with Gasteiger partial charge in [-0.2, -0.15) is 0 Å². The number of aliphatic hydroxyl groups excluding tert-OH is 1. The number of nitrogens with one attached hydrogen (secondary N) is 1. The Morgan fingerprint density at radius 2 is 1.95 bits per heavy atom. The third-order valence-corrected chi connectivity index (χ3v) is 3.03. The van der Waals surface area contributed by atoms with Crippen LogP contribution in [-0.2, 0) is 9.53 Å². The Morgan fingerprint density at radius 1 is 1.29 bits per heavy atom. The summed E-state index contributed by atoms with van der Waals surface area (Å²) >= 11 is 0. The minimum Gasteiger partial charge on any atom is -0.481 e. The number of carbonyl (C=O) groups excluding carboxylic acids is 1. The maximum Gasteiger partial charge on any atom is 0.317 e. The Kier molecular flexibility index (Phi) is 10.6. The first-order chi connectivity index (χ1) is 9.90. The maximum atomic E-state index is 12.0. The average molecular weight is 304 g/mol. The van der Waals surface area contributed by atoms with Crippen LogP contribution in [0.4, 0.5) is 4.79 Å². The van der Waals surface area contributed by atoms with Gasteiger partial charge in [-0.05, 0) is 18.3 Å². The molecule has 7 nitrogen and oxygen atoms in total. The van der Waals surface area contributed by atoms with Gasteiger partial charge in [0.25, 0.3) is 0 Å². The van der Waals surface area contributed by atoms with Gasteiger partial charge in [-0.3, -0.25) is 4.79 Å². The highest BCUT2D eigenvalue weighted by Crippen LogP contribution is 2.14. The van der Waals surface area contributed by atoms with Crippen molar-refractivity contribution in [2.24, 2.45) is 11.8 Å². The summed E-state index contributed by atoms with van der Waals surface area (Å²) < 4.78 is 4.92. The zero-order valence-electron chi connectivity index (χ0n) is 13.2. The number of rotatable bonds is 11. The predicted octanol–water partition coefficient (Wildman–Crippen LogP) is 0.774. The Bertz CT molecular complexity index is 310. The molecule has 1 unspecified atom stereocenters. The minimum atomic E-state index is -0.860. The summed E-state index contributed by atoms with van der Waals surface area (Å²) in [6.45, 7) is 5.23. The lowest BCUT2D eigenvalue weighted by Crippen LogP contribution is -2.44. The largest absolute Gasteiger partial charge is 0.481 e. The molecule has 0 saturated heterocycles. The van der Waals surface area contributed by atoms with Gasteiger partial charge in [0.2, 0.25) is 0 Å². The van der Waals surface area contributed by atoms with E-state index in [2.05, 4.69) is 5.32 Å². The van der Waals surface area contributed by atoms with Crippen molar-refractivity contribution in [3.8, 4) is 0 Å². The first kappa shape index (κ1) is 19.7. The summed E-state index contributed by atoms with van der Waals surface area (Å²) in [6, 6.07) is -0.305. The van der Waals surface area contributed by atoms with E-state index in [0.717, 1.165) is 6.42 Å². The molecular weight excluding hydrogens is 276 g/mol. The zero-order chi connectivity index (χ0) is 16.3. The first-order valence-electron chi connectivity index (χ1n) is 7.25. The number of hydrogen-bond acceptors (Lipinski definition) is 4. The van der Waals surface area contributed by atoms with Crippen molar-refractivity contribution in [3.05, 3.63) is 0 Å². The van der Waals surface area contributed by atoms with E-state index in [-0.39, 0.29) is 31.5 Å². The average Bonchev–Trinajstić information content (AvgIpc) is 2.39. The van der Waals surface area contributed by atoms with Crippen molar-refractivity contribution in [3.63, 3.8) is 0 Å². The third kappa shape index (κ3) is 10.1. The molecule has 0 radical (unpaired) electrons. The molecule has 0 aromatic rings. The number of hydrogen-bond donors (Lipinski definition) is 3. The molecule has 2 amide bonds. The summed E-state index contributed by atoms with van der Waals surface area (Å²) in [6.07, 6.45) is 0.779. The van der Waals surface area contributed by atoms with E-state index in [1.165, 1.54) is 4.90 Å². The molecule has 0 aromatic heterocycles. The number of ether oxygens (including phenoxy) is 1. The van der Waals surface area contributed by atoms with Crippen LogP contribution in [0.3, 0.4) is 0 Å². The second-order valence-electron chi connectivity index (χ2n) is 5.48. The van der Waals surface area contributed by atoms with Crippen LogP contribution in [0.1, 0.15) is 26.7 Å². The summed E-state index contributed by atoms with van der Waals surface area (Å²) in [5, 5.41) is 20.6. The highest BCUT2D eigenvalue weighted by atomic mass is 16.5. The van der Waals surface area contributed by atoms with E-state index in [0.29, 0.717) is 25.6 Å². The molecule has 0 aliphatic heterocycles. The van der Waals surface area contributed by atoms with E-state index >= 15 is 0 Å². The number of urea groups is 1. The molecule has 0 aliphatic carbocycles. The lowest BCUT2D eigenvalue weighted by Gasteiger charge is -2.24. The first-order valence-corrected chi connectivity index (χ1v) is 7.25. The van der Waals surface area contributed by atoms with Crippen LogP contribution in [0.15, 0.2) is 0 Å². The topological polar surface area (TPSA) is 99.1 Å². The Hall–Kier alpha value is -1.34. The van der Waals surface area contributed by atoms with Crippen molar-refractivity contribution in [1.29, 1.82) is 0 Å². The van der Waals surface area contributed by atoms with Crippen molar-refractivity contribution >= 4 is 12.0 Å². The summed E-state index contributed by atoms with van der Waals surface area (Å²) in [5.74, 6) is -0.584. The highest BCUT2D eigenvalue weighted by molar-refractivity contribution is 5.74. The number of carbonyl (C=O) groups is 2. The standard InChI is InChI=1S/C14H28N2O5/c1-11(2)8-12(9-13(18)19)10-15-14(20)16(4-6-17)5-7-21-3/h11-12,17H,4-10H2,1-3H3,(H,15,20)(H,18,19). The van der Waals surface area contributed by atoms with Crippen LogP contribution in [0.2, 0.25) is 0 Å². The normalized spacial score (nSPS) is 12.2. The van der Waals surface area contributed by atoms with Crippen LogP contribution in [0.25, 0.3) is 0 Å². The molecule has 0 aromatic carbocycles. The van der Waals surface area contributed by atoms with Crippen molar-refractivity contribution < 1.29 is 24.5 Å². The second-order valence-corrected chi connectivity index (χ2v) is 5.48. The molecule has 0 fully saturated rings. The van der Waals surface area contributed by atoms with Crippen molar-refractivity contribution in [2.45, 2.75) is 26.7 Å². The maximum absolute atomic E-state index is 12.0. The number of nitrogens with zero attached hydrogens (tertiary/aromatic N) is 1. The lowest BCUT2D eigenvalue weighted by molar-refractivity contribution is -0.138. The van der Waals surface area contributed by atoms with Gasteiger partial charge in [0, 0.05) is 33.2 Å². The van der Waals surface area contributed by atoms with Gasteiger partial charge in [-0.15, -0.1) is 0 Å². The number of carboxylic acids is 1. The van der Waals surface area contributed by atoms with Gasteiger partial charge < -0.3 is 25.2 Å². The molecule has 0 heterocycles. The molecule has 124 valence electrons. The van der Waals surface area contributed by atoms with E-state index < -0.39 is 5.97 Å². The molecule has 0 rings (SSSR count). The molecule has 0 saturated carbocycles. The number of aliphatic carboxylic acids is 1. The number of methoxy groups -OCH3 is 1. The van der Waals surface area contributed by atoms with Crippen molar-refractivity contribution in [1.82, 2.24) is 10.2 Å². The molecule has 0 spiro atoms. The van der Waals surface area contributed by atoms with E-state index in [9.17, 15) is 9.59 Å². The fraction of sp³-hybridized carbons (Fsp3) is 0.857. The summed E-state index contributed by atoms with van der Waals surface area (Å²) in [4.78, 5) is 24.3. The lowest BCUT2D eigenvalue weighted by atomic mass is 9.94. The van der Waals surface area contributed by atoms with Gasteiger partial charge in [0.05, 0.1) is 13.2 Å². The predicted molar refractivity (Wildman–Crippen MR) is 79.1 cm³/mol. The van der Waals surface area contributed by atoms with E-state index in [4.69, 9.17) is 14.9 Å². The van der Waals surface area contributed by atoms with Crippen LogP contribution >= 0.6 is 0 Å². The van der Waals surface area contributed by atoms with Gasteiger partial charge in [0.1, 0.15) is 0 Å². The smallest absolute Gasteiger partial charge is 0.317 e. The van der Waals surface area contributed by atoms with Gasteiger partial charge in [-0.1, -0.05) is 13.8 Å². The highest BCUT2D eigenvalue weighted by Gasteiger charge is 2.18. The fourth-order valence-corrected chi connectivity index (χ4v) is 2.13.